The number of aromatic hydroxyl groups is 1. The number of aromatic amines is 1. The number of aromatic nitrogens is 2. The van der Waals surface area contributed by atoms with Gasteiger partial charge in [0.1, 0.15) is 11.4 Å². The summed E-state index contributed by atoms with van der Waals surface area (Å²) in [6.07, 6.45) is 2.11. The van der Waals surface area contributed by atoms with Crippen LogP contribution in [0.2, 0.25) is 0 Å². The minimum Gasteiger partial charge on any atom is -0.494 e. The number of aryl methyl sites for hydroxylation is 2. The zero-order valence-electron chi connectivity index (χ0n) is 14.9. The molecule has 5 nitrogen and oxygen atoms in total. The minimum atomic E-state index is -0.550. The summed E-state index contributed by atoms with van der Waals surface area (Å²) in [5.74, 6) is -0.770. The van der Waals surface area contributed by atoms with E-state index in [1.54, 1.807) is 0 Å². The Hall–Kier alpha value is -3.06. The van der Waals surface area contributed by atoms with Crippen molar-refractivity contribution in [2.24, 2.45) is 4.99 Å². The molecule has 0 fully saturated rings. The molecule has 0 amide bonds. The summed E-state index contributed by atoms with van der Waals surface area (Å²) < 4.78 is 14.5. The Morgan fingerprint density at radius 2 is 1.96 bits per heavy atom. The molecule has 1 aromatic heterocycles. The third-order valence-corrected chi connectivity index (χ3v) is 4.52. The predicted octanol–water partition coefficient (Wildman–Crippen LogP) is 4.36. The van der Waals surface area contributed by atoms with Crippen molar-refractivity contribution in [3.63, 3.8) is 0 Å². The van der Waals surface area contributed by atoms with Gasteiger partial charge < -0.3 is 5.11 Å². The van der Waals surface area contributed by atoms with E-state index in [0.29, 0.717) is 5.69 Å². The Morgan fingerprint density at radius 3 is 2.63 bits per heavy atom. The number of para-hydroxylation sites is 1. The van der Waals surface area contributed by atoms with E-state index in [2.05, 4.69) is 9.98 Å². The number of nitrogens with zero attached hydrogens (tertiary/aromatic N) is 2. The second kappa shape index (κ2) is 7.67. The highest BCUT2D eigenvalue weighted by molar-refractivity contribution is 7.71. The Labute approximate surface area is 160 Å². The second-order valence-corrected chi connectivity index (χ2v) is 6.39. The van der Waals surface area contributed by atoms with E-state index in [1.807, 2.05) is 32.0 Å². The van der Waals surface area contributed by atoms with Gasteiger partial charge in [0.2, 0.25) is 5.88 Å². The van der Waals surface area contributed by atoms with Crippen LogP contribution in [0.5, 0.6) is 5.88 Å². The van der Waals surface area contributed by atoms with E-state index in [4.69, 9.17) is 12.2 Å². The molecule has 27 heavy (non-hydrogen) atoms. The maximum Gasteiger partial charge on any atom is 0.264 e. The summed E-state index contributed by atoms with van der Waals surface area (Å²) in [4.78, 5) is 19.3. The summed E-state index contributed by atoms with van der Waals surface area (Å²) >= 11 is 5.15. The number of rotatable bonds is 4. The smallest absolute Gasteiger partial charge is 0.264 e. The standard InChI is InChI=1S/C20H18FN3O2S/c1-3-13-6-4-5-12(2)17(13)22-11-16-18(25)23-20(27)24(19(16)26)15-9-7-14(21)8-10-15/h4-11,26H,3H2,1-2H3,(H,23,25,27). The van der Waals surface area contributed by atoms with Gasteiger partial charge in [0.15, 0.2) is 4.77 Å². The first kappa shape index (κ1) is 18.7. The van der Waals surface area contributed by atoms with Crippen molar-refractivity contribution in [3.05, 3.63) is 80.1 Å². The first-order valence-electron chi connectivity index (χ1n) is 8.39. The minimum absolute atomic E-state index is 0.00592. The molecule has 1 heterocycles. The molecular weight excluding hydrogens is 365 g/mol. The monoisotopic (exact) mass is 383 g/mol. The number of aliphatic imine (C=N–C) groups is 1. The summed E-state index contributed by atoms with van der Waals surface area (Å²) in [6.45, 7) is 3.95. The zero-order chi connectivity index (χ0) is 19.6. The van der Waals surface area contributed by atoms with E-state index >= 15 is 0 Å². The molecule has 3 aromatic rings. The van der Waals surface area contributed by atoms with Gasteiger partial charge in [-0.1, -0.05) is 25.1 Å². The normalized spacial score (nSPS) is 11.2. The van der Waals surface area contributed by atoms with Crippen LogP contribution in [-0.2, 0) is 6.42 Å². The van der Waals surface area contributed by atoms with Gasteiger partial charge in [-0.15, -0.1) is 0 Å². The highest BCUT2D eigenvalue weighted by Crippen LogP contribution is 2.25. The first-order chi connectivity index (χ1) is 12.9. The number of nitrogens with one attached hydrogen (secondary N) is 1. The highest BCUT2D eigenvalue weighted by Gasteiger charge is 2.13. The highest BCUT2D eigenvalue weighted by atomic mass is 32.1. The Kier molecular flexibility index (Phi) is 5.32. The molecule has 0 bridgehead atoms. The average molecular weight is 383 g/mol. The summed E-state index contributed by atoms with van der Waals surface area (Å²) in [7, 11) is 0. The molecule has 0 aliphatic carbocycles. The Bertz CT molecular complexity index is 1130. The van der Waals surface area contributed by atoms with Crippen LogP contribution in [0.25, 0.3) is 5.69 Å². The lowest BCUT2D eigenvalue weighted by Crippen LogP contribution is -2.18. The van der Waals surface area contributed by atoms with Gasteiger partial charge in [0, 0.05) is 6.21 Å². The summed E-state index contributed by atoms with van der Waals surface area (Å²) in [6, 6.07) is 11.3. The van der Waals surface area contributed by atoms with Crippen molar-refractivity contribution in [3.8, 4) is 11.6 Å². The van der Waals surface area contributed by atoms with Gasteiger partial charge in [0.05, 0.1) is 11.4 Å². The lowest BCUT2D eigenvalue weighted by molar-refractivity contribution is 0.432. The zero-order valence-corrected chi connectivity index (χ0v) is 15.7. The number of halogens is 1. The topological polar surface area (TPSA) is 70.4 Å². The van der Waals surface area contributed by atoms with Crippen molar-refractivity contribution in [1.82, 2.24) is 9.55 Å². The van der Waals surface area contributed by atoms with E-state index < -0.39 is 11.4 Å². The Balaban J connectivity index is 2.15. The molecule has 3 rings (SSSR count). The summed E-state index contributed by atoms with van der Waals surface area (Å²) in [5, 5.41) is 10.6. The molecule has 0 unspecified atom stereocenters. The van der Waals surface area contributed by atoms with E-state index in [-0.39, 0.29) is 16.2 Å². The molecule has 0 aliphatic heterocycles. The van der Waals surface area contributed by atoms with E-state index in [0.717, 1.165) is 23.2 Å². The van der Waals surface area contributed by atoms with Crippen molar-refractivity contribution >= 4 is 24.1 Å². The van der Waals surface area contributed by atoms with Crippen LogP contribution in [-0.4, -0.2) is 20.9 Å². The van der Waals surface area contributed by atoms with Crippen molar-refractivity contribution in [2.45, 2.75) is 20.3 Å². The van der Waals surface area contributed by atoms with Gasteiger partial charge in [-0.25, -0.2) is 4.39 Å². The average Bonchev–Trinajstić information content (AvgIpc) is 2.63. The molecule has 0 radical (unpaired) electrons. The second-order valence-electron chi connectivity index (χ2n) is 6.00. The van der Waals surface area contributed by atoms with Crippen LogP contribution >= 0.6 is 12.2 Å². The molecule has 2 N–H and O–H groups in total. The van der Waals surface area contributed by atoms with Gasteiger partial charge in [-0.2, -0.15) is 0 Å². The van der Waals surface area contributed by atoms with Gasteiger partial charge >= 0.3 is 0 Å². The molecular formula is C20H18FN3O2S. The van der Waals surface area contributed by atoms with Crippen LogP contribution in [0.4, 0.5) is 10.1 Å². The van der Waals surface area contributed by atoms with Crippen molar-refractivity contribution in [1.29, 1.82) is 0 Å². The number of hydrogen-bond donors (Lipinski definition) is 2. The largest absolute Gasteiger partial charge is 0.494 e. The third kappa shape index (κ3) is 3.73. The number of benzene rings is 2. The lowest BCUT2D eigenvalue weighted by atomic mass is 10.1. The third-order valence-electron chi connectivity index (χ3n) is 4.23. The van der Waals surface area contributed by atoms with Gasteiger partial charge in [0.25, 0.3) is 5.56 Å². The molecule has 0 aliphatic rings. The molecule has 0 saturated carbocycles. The SMILES string of the molecule is CCc1cccc(C)c1N=Cc1c(O)n(-c2ccc(F)cc2)c(=S)[nH]c1=O. The molecule has 0 saturated heterocycles. The van der Waals surface area contributed by atoms with Crippen LogP contribution in [0.1, 0.15) is 23.6 Å². The first-order valence-corrected chi connectivity index (χ1v) is 8.80. The van der Waals surface area contributed by atoms with Crippen LogP contribution in [0, 0.1) is 17.5 Å². The molecule has 2 aromatic carbocycles. The fourth-order valence-corrected chi connectivity index (χ4v) is 3.09. The molecule has 7 heteroatoms. The predicted molar refractivity (Wildman–Crippen MR) is 107 cm³/mol. The lowest BCUT2D eigenvalue weighted by Gasteiger charge is -2.11. The number of H-pyrrole nitrogens is 1. The van der Waals surface area contributed by atoms with Gasteiger partial charge in [-0.3, -0.25) is 19.3 Å². The maximum absolute atomic E-state index is 13.2. The quantitative estimate of drug-likeness (QED) is 0.519. The fourth-order valence-electron chi connectivity index (χ4n) is 2.80. The maximum atomic E-state index is 13.2. The number of hydrogen-bond acceptors (Lipinski definition) is 4. The molecule has 0 spiro atoms. The van der Waals surface area contributed by atoms with Crippen LogP contribution in [0.3, 0.4) is 0 Å². The Morgan fingerprint density at radius 1 is 1.26 bits per heavy atom. The van der Waals surface area contributed by atoms with E-state index in [1.165, 1.54) is 35.0 Å². The summed E-state index contributed by atoms with van der Waals surface area (Å²) in [5.41, 5.74) is 2.61. The fraction of sp³-hybridized carbons (Fsp3) is 0.150. The van der Waals surface area contributed by atoms with Crippen molar-refractivity contribution in [2.75, 3.05) is 0 Å². The molecule has 138 valence electrons. The van der Waals surface area contributed by atoms with Crippen LogP contribution in [0.15, 0.2) is 52.3 Å². The van der Waals surface area contributed by atoms with Crippen molar-refractivity contribution < 1.29 is 9.50 Å². The van der Waals surface area contributed by atoms with Gasteiger partial charge in [-0.05, 0) is 61.0 Å². The molecule has 0 atom stereocenters. The van der Waals surface area contributed by atoms with E-state index in [9.17, 15) is 14.3 Å². The van der Waals surface area contributed by atoms with Crippen LogP contribution < -0.4 is 5.56 Å².